The lowest BCUT2D eigenvalue weighted by Crippen LogP contribution is -2.32. The third-order valence-corrected chi connectivity index (χ3v) is 6.89. The largest absolute Gasteiger partial charge is 0.478 e. The molecule has 2 amide bonds. The minimum absolute atomic E-state index is 0.119. The molecule has 0 aliphatic heterocycles. The van der Waals surface area contributed by atoms with Crippen LogP contribution in [-0.4, -0.2) is 27.9 Å². The number of carboxylic acids is 1. The number of nitrogens with zero attached hydrogens (tertiary/aromatic N) is 1. The zero-order chi connectivity index (χ0) is 32.7. The van der Waals surface area contributed by atoms with Gasteiger partial charge >= 0.3 is 12.1 Å². The van der Waals surface area contributed by atoms with Crippen LogP contribution in [0.25, 0.3) is 11.3 Å². The molecule has 5 aromatic rings. The van der Waals surface area contributed by atoms with Gasteiger partial charge in [-0.3, -0.25) is 14.6 Å². The molecule has 0 spiro atoms. The third-order valence-electron chi connectivity index (χ3n) is 6.89. The summed E-state index contributed by atoms with van der Waals surface area (Å²) in [6.45, 7) is -0.132. The Bertz CT molecular complexity index is 1840. The number of benzene rings is 4. The molecule has 3 N–H and O–H groups in total. The fraction of sp³-hybridized carbons (Fsp3) is 0.0857. The van der Waals surface area contributed by atoms with Crippen LogP contribution in [0.1, 0.15) is 43.5 Å². The number of ether oxygens (including phenoxy) is 1. The highest BCUT2D eigenvalue weighted by molar-refractivity contribution is 6.08. The maximum Gasteiger partial charge on any atom is 0.417 e. The second-order valence-electron chi connectivity index (χ2n) is 9.99. The van der Waals surface area contributed by atoms with Crippen LogP contribution in [0, 0.1) is 0 Å². The summed E-state index contributed by atoms with van der Waals surface area (Å²) < 4.78 is 50.3. The van der Waals surface area contributed by atoms with Crippen LogP contribution in [0.15, 0.2) is 121 Å². The molecule has 0 aliphatic carbocycles. The van der Waals surface area contributed by atoms with E-state index in [4.69, 9.17) is 4.74 Å². The molecule has 11 heteroatoms. The monoisotopic (exact) mass is 625 g/mol. The molecule has 1 atom stereocenters. The molecule has 4 aromatic carbocycles. The van der Waals surface area contributed by atoms with Gasteiger partial charge in [0, 0.05) is 29.6 Å². The van der Waals surface area contributed by atoms with Gasteiger partial charge < -0.3 is 20.5 Å². The summed E-state index contributed by atoms with van der Waals surface area (Å²) in [5.41, 5.74) is -3.55. The Kier molecular flexibility index (Phi) is 9.41. The van der Waals surface area contributed by atoms with Crippen LogP contribution in [0.4, 0.5) is 18.9 Å². The van der Waals surface area contributed by atoms with Crippen molar-refractivity contribution in [2.45, 2.75) is 18.8 Å². The van der Waals surface area contributed by atoms with E-state index in [1.165, 1.54) is 36.5 Å². The molecule has 1 aromatic heterocycles. The van der Waals surface area contributed by atoms with Gasteiger partial charge in [-0.2, -0.15) is 13.2 Å². The molecule has 0 bridgehead atoms. The van der Waals surface area contributed by atoms with Gasteiger partial charge in [0.15, 0.2) is 0 Å². The quantitative estimate of drug-likeness (QED) is 0.152. The molecule has 8 nitrogen and oxygen atoms in total. The maximum atomic E-state index is 14.7. The average molecular weight is 626 g/mol. The fourth-order valence-electron chi connectivity index (χ4n) is 4.86. The summed E-state index contributed by atoms with van der Waals surface area (Å²) in [7, 11) is 0. The standard InChI is InChI=1S/C35H26F3N3O5/c36-35(37,38)26-20-25(34(44)45)28(31(46-24-16-8-3-9-17-24)33(43)41-23-14-6-2-7-15-23)30(27-18-10-11-19-39-27)29(26)32(42)40-21-22-12-4-1-5-13-22/h1-20,31H,21H2,(H,40,42)(H,41,43)(H,44,45). The number of nitrogens with one attached hydrogen (secondary N) is 2. The van der Waals surface area contributed by atoms with Crippen molar-refractivity contribution in [2.75, 3.05) is 5.32 Å². The third kappa shape index (κ3) is 7.21. The number of anilines is 1. The Morgan fingerprint density at radius 3 is 2.02 bits per heavy atom. The van der Waals surface area contributed by atoms with Crippen LogP contribution >= 0.6 is 0 Å². The number of carbonyl (C=O) groups is 3. The predicted molar refractivity (Wildman–Crippen MR) is 164 cm³/mol. The van der Waals surface area contributed by atoms with Gasteiger partial charge in [-0.1, -0.05) is 72.8 Å². The molecule has 46 heavy (non-hydrogen) atoms. The summed E-state index contributed by atoms with van der Waals surface area (Å²) in [4.78, 5) is 44.7. The number of para-hydroxylation sites is 2. The summed E-state index contributed by atoms with van der Waals surface area (Å²) in [5.74, 6) is -3.71. The number of rotatable bonds is 10. The fourth-order valence-corrected chi connectivity index (χ4v) is 4.86. The zero-order valence-electron chi connectivity index (χ0n) is 24.0. The van der Waals surface area contributed by atoms with E-state index in [1.807, 2.05) is 0 Å². The minimum atomic E-state index is -5.17. The number of aromatic nitrogens is 1. The smallest absolute Gasteiger partial charge is 0.417 e. The molecule has 0 fully saturated rings. The number of hydrogen-bond donors (Lipinski definition) is 3. The number of hydrogen-bond acceptors (Lipinski definition) is 5. The van der Waals surface area contributed by atoms with Crippen molar-refractivity contribution in [2.24, 2.45) is 0 Å². The number of pyridine rings is 1. The second-order valence-corrected chi connectivity index (χ2v) is 9.99. The lowest BCUT2D eigenvalue weighted by Gasteiger charge is -2.27. The minimum Gasteiger partial charge on any atom is -0.478 e. The normalized spacial score (nSPS) is 11.7. The van der Waals surface area contributed by atoms with E-state index in [9.17, 15) is 32.7 Å². The molecule has 232 valence electrons. The van der Waals surface area contributed by atoms with Crippen molar-refractivity contribution in [1.29, 1.82) is 0 Å². The Hall–Kier alpha value is -5.97. The van der Waals surface area contributed by atoms with Gasteiger partial charge in [0.2, 0.25) is 6.10 Å². The predicted octanol–water partition coefficient (Wildman–Crippen LogP) is 7.15. The van der Waals surface area contributed by atoms with Gasteiger partial charge in [0.05, 0.1) is 22.4 Å². The lowest BCUT2D eigenvalue weighted by molar-refractivity contribution is -0.137. The SMILES string of the molecule is O=C(O)c1cc(C(F)(F)F)c(C(=O)NCc2ccccc2)c(-c2ccccn2)c1C(Oc1ccccc1)C(=O)Nc1ccccc1. The Morgan fingerprint density at radius 1 is 0.826 bits per heavy atom. The summed E-state index contributed by atoms with van der Waals surface area (Å²) in [5, 5.41) is 15.5. The van der Waals surface area contributed by atoms with E-state index in [0.29, 0.717) is 17.3 Å². The number of carboxylic acid groups (broad SMARTS) is 1. The van der Waals surface area contributed by atoms with E-state index < -0.39 is 57.9 Å². The molecule has 0 saturated heterocycles. The molecular formula is C35H26F3N3O5. The molecule has 1 heterocycles. The molecule has 5 rings (SSSR count). The Morgan fingerprint density at radius 2 is 1.43 bits per heavy atom. The summed E-state index contributed by atoms with van der Waals surface area (Å²) in [6.07, 6.45) is -5.75. The number of halogens is 3. The lowest BCUT2D eigenvalue weighted by atomic mass is 9.85. The first-order valence-electron chi connectivity index (χ1n) is 14.0. The van der Waals surface area contributed by atoms with E-state index in [1.54, 1.807) is 78.9 Å². The molecule has 0 radical (unpaired) electrons. The van der Waals surface area contributed by atoms with Crippen LogP contribution in [-0.2, 0) is 17.5 Å². The number of carbonyl (C=O) groups excluding carboxylic acids is 2. The highest BCUT2D eigenvalue weighted by Crippen LogP contribution is 2.43. The highest BCUT2D eigenvalue weighted by Gasteiger charge is 2.42. The van der Waals surface area contributed by atoms with E-state index >= 15 is 0 Å². The molecular weight excluding hydrogens is 599 g/mol. The van der Waals surface area contributed by atoms with E-state index in [0.717, 1.165) is 0 Å². The van der Waals surface area contributed by atoms with Crippen molar-refractivity contribution in [3.05, 3.63) is 149 Å². The second kappa shape index (κ2) is 13.8. The Labute approximate surface area is 261 Å². The first-order valence-corrected chi connectivity index (χ1v) is 14.0. The van der Waals surface area contributed by atoms with Gasteiger partial charge in [-0.15, -0.1) is 0 Å². The van der Waals surface area contributed by atoms with E-state index in [-0.39, 0.29) is 18.0 Å². The van der Waals surface area contributed by atoms with Gasteiger partial charge in [-0.25, -0.2) is 4.79 Å². The van der Waals surface area contributed by atoms with Crippen molar-refractivity contribution in [3.63, 3.8) is 0 Å². The van der Waals surface area contributed by atoms with Crippen molar-refractivity contribution < 1.29 is 37.4 Å². The zero-order valence-corrected chi connectivity index (χ0v) is 24.0. The van der Waals surface area contributed by atoms with Crippen molar-refractivity contribution >= 4 is 23.5 Å². The van der Waals surface area contributed by atoms with Crippen LogP contribution in [0.2, 0.25) is 0 Å². The topological polar surface area (TPSA) is 118 Å². The average Bonchev–Trinajstić information content (AvgIpc) is 3.06. The summed E-state index contributed by atoms with van der Waals surface area (Å²) in [6, 6.07) is 29.2. The van der Waals surface area contributed by atoms with Crippen molar-refractivity contribution in [1.82, 2.24) is 10.3 Å². The number of aromatic carboxylic acids is 1. The van der Waals surface area contributed by atoms with Crippen LogP contribution in [0.3, 0.4) is 0 Å². The van der Waals surface area contributed by atoms with E-state index in [2.05, 4.69) is 15.6 Å². The van der Waals surface area contributed by atoms with Gasteiger partial charge in [0.1, 0.15) is 5.75 Å². The molecule has 1 unspecified atom stereocenters. The highest BCUT2D eigenvalue weighted by atomic mass is 19.4. The number of alkyl halides is 3. The van der Waals surface area contributed by atoms with Crippen LogP contribution < -0.4 is 15.4 Å². The maximum absolute atomic E-state index is 14.7. The summed E-state index contributed by atoms with van der Waals surface area (Å²) >= 11 is 0. The van der Waals surface area contributed by atoms with Crippen LogP contribution in [0.5, 0.6) is 5.75 Å². The molecule has 0 aliphatic rings. The van der Waals surface area contributed by atoms with Crippen molar-refractivity contribution in [3.8, 4) is 17.0 Å². The van der Waals surface area contributed by atoms with Gasteiger partial charge in [0.25, 0.3) is 11.8 Å². The first kappa shape index (κ1) is 31.5. The van der Waals surface area contributed by atoms with Gasteiger partial charge in [-0.05, 0) is 48.0 Å². The number of amides is 2. The Balaban J connectivity index is 1.80. The molecule has 0 saturated carbocycles. The first-order chi connectivity index (χ1) is 22.1.